The van der Waals surface area contributed by atoms with Crippen molar-refractivity contribution in [1.29, 1.82) is 0 Å². The Kier molecular flexibility index (Phi) is 1.35. The molecule has 0 unspecified atom stereocenters. The molecule has 0 aliphatic carbocycles. The Hall–Kier alpha value is -2.25. The van der Waals surface area contributed by atoms with Crippen molar-refractivity contribution < 1.29 is 5.03 Å². The number of hydrogen-bond donors (Lipinski definition) is 1. The monoisotopic (exact) mass is 180 g/mol. The van der Waals surface area contributed by atoms with Gasteiger partial charge >= 0.3 is 0 Å². The average Bonchev–Trinajstić information content (AvgIpc) is 2.48. The molecule has 0 saturated carbocycles. The largest absolute Gasteiger partial charge is 0.382 e. The van der Waals surface area contributed by atoms with Crippen LogP contribution in [0.3, 0.4) is 0 Å². The number of nitrogens with zero attached hydrogens (tertiary/aromatic N) is 5. The van der Waals surface area contributed by atoms with Crippen LogP contribution in [0, 0.1) is 10.1 Å². The third-order valence-electron chi connectivity index (χ3n) is 1.52. The highest BCUT2D eigenvalue weighted by Crippen LogP contribution is 2.12. The van der Waals surface area contributed by atoms with Gasteiger partial charge in [-0.2, -0.15) is 0 Å². The van der Waals surface area contributed by atoms with Gasteiger partial charge in [0.1, 0.15) is 6.33 Å². The topological polar surface area (TPSA) is 113 Å². The maximum Gasteiger partial charge on any atom is 0.232 e. The molecule has 2 aromatic rings. The summed E-state index contributed by atoms with van der Waals surface area (Å²) in [5, 5.41) is 9.78. The minimum Gasteiger partial charge on any atom is -0.382 e. The average molecular weight is 180 g/mol. The highest BCUT2D eigenvalue weighted by atomic mass is 16.7. The van der Waals surface area contributed by atoms with E-state index in [1.165, 1.54) is 0 Å². The van der Waals surface area contributed by atoms with Gasteiger partial charge in [0.05, 0.1) is 0 Å². The number of nitrogen functional groups attached to an aromatic ring is 1. The molecule has 8 heteroatoms. The fourth-order valence-electron chi connectivity index (χ4n) is 0.961. The van der Waals surface area contributed by atoms with Crippen LogP contribution < -0.4 is 5.73 Å². The number of rotatable bonds is 1. The Bertz CT molecular complexity index is 477. The number of aromatic nitrogens is 4. The first kappa shape index (κ1) is 7.40. The van der Waals surface area contributed by atoms with Crippen molar-refractivity contribution in [2.24, 2.45) is 0 Å². The van der Waals surface area contributed by atoms with E-state index in [0.717, 1.165) is 12.7 Å². The van der Waals surface area contributed by atoms with E-state index in [4.69, 9.17) is 5.73 Å². The maximum atomic E-state index is 10.4. The maximum absolute atomic E-state index is 10.4. The molecule has 0 aliphatic heterocycles. The molecule has 13 heavy (non-hydrogen) atoms. The number of fused-ring (bicyclic) bond motifs is 1. The smallest absolute Gasteiger partial charge is 0.232 e. The van der Waals surface area contributed by atoms with Gasteiger partial charge in [0.25, 0.3) is 0 Å². The lowest BCUT2D eigenvalue weighted by Gasteiger charge is -1.91. The second-order valence-electron chi connectivity index (χ2n) is 2.26. The lowest BCUT2D eigenvalue weighted by molar-refractivity contribution is -0.538. The molecular formula is C5H4N6O2. The summed E-state index contributed by atoms with van der Waals surface area (Å²) in [5.74, 6) is 0.130. The second kappa shape index (κ2) is 2.37. The Morgan fingerprint density at radius 2 is 2.23 bits per heavy atom. The van der Waals surface area contributed by atoms with E-state index in [1.54, 1.807) is 0 Å². The van der Waals surface area contributed by atoms with Crippen LogP contribution in [-0.2, 0) is 0 Å². The van der Waals surface area contributed by atoms with E-state index < -0.39 is 5.03 Å². The van der Waals surface area contributed by atoms with Crippen LogP contribution in [-0.4, -0.2) is 24.7 Å². The molecule has 2 rings (SSSR count). The Labute approximate surface area is 71.2 Å². The number of imidazole rings is 1. The SMILES string of the molecule is Nc1ncnc2c1ncn2[N+](=O)[O-]. The summed E-state index contributed by atoms with van der Waals surface area (Å²) in [4.78, 5) is 21.5. The van der Waals surface area contributed by atoms with Gasteiger partial charge in [0.2, 0.25) is 5.65 Å². The summed E-state index contributed by atoms with van der Waals surface area (Å²) in [5.41, 5.74) is 5.75. The molecule has 2 N–H and O–H groups in total. The van der Waals surface area contributed by atoms with Gasteiger partial charge in [-0.05, 0) is 4.68 Å². The normalized spacial score (nSPS) is 10.5. The minimum absolute atomic E-state index is 0.0949. The lowest BCUT2D eigenvalue weighted by Crippen LogP contribution is -2.07. The first-order valence-electron chi connectivity index (χ1n) is 3.28. The molecule has 0 bridgehead atoms. The summed E-state index contributed by atoms with van der Waals surface area (Å²) in [7, 11) is 0. The zero-order valence-corrected chi connectivity index (χ0v) is 6.28. The van der Waals surface area contributed by atoms with Gasteiger partial charge in [-0.15, -0.1) is 0 Å². The van der Waals surface area contributed by atoms with E-state index in [0.29, 0.717) is 4.68 Å². The van der Waals surface area contributed by atoms with Crippen LogP contribution in [0.15, 0.2) is 12.7 Å². The molecule has 0 aliphatic rings. The van der Waals surface area contributed by atoms with Crippen LogP contribution in [0.1, 0.15) is 0 Å². The van der Waals surface area contributed by atoms with E-state index in [1.807, 2.05) is 0 Å². The van der Waals surface area contributed by atoms with E-state index in [2.05, 4.69) is 15.0 Å². The molecule has 2 aromatic heterocycles. The summed E-state index contributed by atoms with van der Waals surface area (Å²) in [6, 6.07) is 0. The molecule has 0 saturated heterocycles. The van der Waals surface area contributed by atoms with Crippen molar-refractivity contribution >= 4 is 17.0 Å². The van der Waals surface area contributed by atoms with Crippen LogP contribution in [0.5, 0.6) is 0 Å². The molecule has 8 nitrogen and oxygen atoms in total. The van der Waals surface area contributed by atoms with Crippen molar-refractivity contribution in [3.8, 4) is 0 Å². The van der Waals surface area contributed by atoms with Crippen molar-refractivity contribution in [2.45, 2.75) is 0 Å². The Morgan fingerprint density at radius 1 is 1.46 bits per heavy atom. The third-order valence-corrected chi connectivity index (χ3v) is 1.52. The van der Waals surface area contributed by atoms with Crippen LogP contribution >= 0.6 is 0 Å². The predicted octanol–water partition coefficient (Wildman–Crippen LogP) is -0.552. The van der Waals surface area contributed by atoms with Gasteiger partial charge < -0.3 is 5.73 Å². The van der Waals surface area contributed by atoms with Crippen LogP contribution in [0.4, 0.5) is 5.82 Å². The third kappa shape index (κ3) is 0.956. The highest BCUT2D eigenvalue weighted by molar-refractivity contribution is 5.80. The molecule has 0 atom stereocenters. The van der Waals surface area contributed by atoms with Crippen molar-refractivity contribution in [2.75, 3.05) is 5.73 Å². The fourth-order valence-corrected chi connectivity index (χ4v) is 0.961. The molecule has 0 fully saturated rings. The summed E-state index contributed by atoms with van der Waals surface area (Å²) in [6.45, 7) is 0. The van der Waals surface area contributed by atoms with Crippen LogP contribution in [0.25, 0.3) is 11.2 Å². The number of anilines is 1. The summed E-state index contributed by atoms with van der Waals surface area (Å²) >= 11 is 0. The fraction of sp³-hybridized carbons (Fsp3) is 0. The Balaban J connectivity index is 2.83. The standard InChI is InChI=1S/C5H4N6O2/c6-4-3-5(8-1-7-4)10(2-9-3)11(12)13/h1-2H,(H2,6,7,8). The van der Waals surface area contributed by atoms with Gasteiger partial charge in [-0.1, -0.05) is 0 Å². The first-order valence-corrected chi connectivity index (χ1v) is 3.28. The van der Waals surface area contributed by atoms with Crippen molar-refractivity contribution in [3.05, 3.63) is 22.8 Å². The summed E-state index contributed by atoms with van der Waals surface area (Å²) < 4.78 is 0.688. The number of hydrogen-bond acceptors (Lipinski definition) is 6. The quantitative estimate of drug-likeness (QED) is 0.465. The van der Waals surface area contributed by atoms with Crippen molar-refractivity contribution in [3.63, 3.8) is 0 Å². The number of nitrogens with two attached hydrogens (primary N) is 1. The zero-order valence-electron chi connectivity index (χ0n) is 6.28. The second-order valence-corrected chi connectivity index (χ2v) is 2.26. The van der Waals surface area contributed by atoms with Crippen LogP contribution in [0.2, 0.25) is 0 Å². The van der Waals surface area contributed by atoms with Gasteiger partial charge in [0.15, 0.2) is 22.7 Å². The van der Waals surface area contributed by atoms with E-state index in [-0.39, 0.29) is 17.0 Å². The highest BCUT2D eigenvalue weighted by Gasteiger charge is 2.13. The van der Waals surface area contributed by atoms with Gasteiger partial charge in [-0.25, -0.2) is 25.1 Å². The van der Waals surface area contributed by atoms with Gasteiger partial charge in [-0.3, -0.25) is 0 Å². The van der Waals surface area contributed by atoms with E-state index in [9.17, 15) is 10.1 Å². The molecule has 0 radical (unpaired) electrons. The molecule has 0 aromatic carbocycles. The molecule has 0 amide bonds. The zero-order chi connectivity index (χ0) is 9.42. The molecule has 66 valence electrons. The molecular weight excluding hydrogens is 176 g/mol. The minimum atomic E-state index is -0.637. The first-order chi connectivity index (χ1) is 6.20. The van der Waals surface area contributed by atoms with Gasteiger partial charge in [0, 0.05) is 0 Å². The Morgan fingerprint density at radius 3 is 2.92 bits per heavy atom. The van der Waals surface area contributed by atoms with E-state index >= 15 is 0 Å². The lowest BCUT2D eigenvalue weighted by atomic mass is 10.5. The molecule has 0 spiro atoms. The molecule has 2 heterocycles. The predicted molar refractivity (Wildman–Crippen MR) is 42.1 cm³/mol. The summed E-state index contributed by atoms with van der Waals surface area (Å²) in [6.07, 6.45) is 2.19. The van der Waals surface area contributed by atoms with Crippen molar-refractivity contribution in [1.82, 2.24) is 19.6 Å². The number of nitro groups is 1.